The monoisotopic (exact) mass is 454 g/mol. The molecule has 1 aliphatic rings. The zero-order chi connectivity index (χ0) is 22.5. The van der Waals surface area contributed by atoms with E-state index >= 15 is 0 Å². The summed E-state index contributed by atoms with van der Waals surface area (Å²) < 4.78 is 78.6. The molecular formula is C22H21F3O5S. The zero-order valence-electron chi connectivity index (χ0n) is 16.6. The molecule has 5 nitrogen and oxygen atoms in total. The predicted octanol–water partition coefficient (Wildman–Crippen LogP) is 5.08. The number of halogens is 3. The second-order valence-electron chi connectivity index (χ2n) is 6.82. The molecule has 0 amide bonds. The summed E-state index contributed by atoms with van der Waals surface area (Å²) >= 11 is 0. The lowest BCUT2D eigenvalue weighted by Crippen LogP contribution is -2.34. The highest BCUT2D eigenvalue weighted by Gasteiger charge is 2.30. The van der Waals surface area contributed by atoms with E-state index in [0.717, 1.165) is 17.7 Å². The highest BCUT2D eigenvalue weighted by Crippen LogP contribution is 2.29. The molecule has 0 bridgehead atoms. The lowest BCUT2D eigenvalue weighted by molar-refractivity contribution is -0.239. The molecule has 1 aliphatic heterocycles. The summed E-state index contributed by atoms with van der Waals surface area (Å²) in [6.07, 6.45) is 0.448. The van der Waals surface area contributed by atoms with Gasteiger partial charge in [-0.1, -0.05) is 48.1 Å². The number of hydrogen-bond donors (Lipinski definition) is 0. The van der Waals surface area contributed by atoms with E-state index in [1.54, 1.807) is 36.4 Å². The van der Waals surface area contributed by atoms with Gasteiger partial charge in [-0.25, -0.2) is 4.18 Å². The van der Waals surface area contributed by atoms with Gasteiger partial charge in [-0.3, -0.25) is 0 Å². The molecule has 1 heterocycles. The van der Waals surface area contributed by atoms with Crippen LogP contribution in [0.25, 0.3) is 6.08 Å². The Hall–Kier alpha value is -2.46. The van der Waals surface area contributed by atoms with Crippen LogP contribution in [-0.4, -0.2) is 27.6 Å². The highest BCUT2D eigenvalue weighted by molar-refractivity contribution is 7.86. The molecule has 0 spiro atoms. The Bertz CT molecular complexity index is 1030. The third-order valence-electron chi connectivity index (χ3n) is 4.37. The van der Waals surface area contributed by atoms with Gasteiger partial charge in [0.15, 0.2) is 12.6 Å². The van der Waals surface area contributed by atoms with Gasteiger partial charge in [0.2, 0.25) is 0 Å². The minimum atomic E-state index is -4.37. The Balaban J connectivity index is 1.55. The summed E-state index contributed by atoms with van der Waals surface area (Å²) in [4.78, 5) is 0.0414. The summed E-state index contributed by atoms with van der Waals surface area (Å²) in [7, 11) is -3.97. The van der Waals surface area contributed by atoms with Crippen LogP contribution in [0.1, 0.15) is 23.1 Å². The van der Waals surface area contributed by atoms with Gasteiger partial charge < -0.3 is 9.47 Å². The Morgan fingerprint density at radius 1 is 1.03 bits per heavy atom. The Labute approximate surface area is 178 Å². The number of alkyl halides is 3. The smallest absolute Gasteiger partial charge is 0.349 e. The average Bonchev–Trinajstić information content (AvgIpc) is 2.71. The molecule has 166 valence electrons. The summed E-state index contributed by atoms with van der Waals surface area (Å²) in [5, 5.41) is 0. The molecule has 3 rings (SSSR count). The maximum atomic E-state index is 12.6. The van der Waals surface area contributed by atoms with Gasteiger partial charge in [0.25, 0.3) is 10.1 Å². The number of allylic oxidation sites excluding steroid dienone is 2. The molecule has 9 heteroatoms. The van der Waals surface area contributed by atoms with Gasteiger partial charge in [0, 0.05) is 6.42 Å². The zero-order valence-corrected chi connectivity index (χ0v) is 17.4. The Kier molecular flexibility index (Phi) is 7.32. The van der Waals surface area contributed by atoms with Gasteiger partial charge in [-0.2, -0.15) is 21.6 Å². The van der Waals surface area contributed by atoms with Crippen LogP contribution in [0.2, 0.25) is 0 Å². The fourth-order valence-electron chi connectivity index (χ4n) is 2.72. The largest absolute Gasteiger partial charge is 0.416 e. The minimum absolute atomic E-state index is 0.0414. The molecule has 0 unspecified atom stereocenters. The highest BCUT2D eigenvalue weighted by atomic mass is 32.2. The van der Waals surface area contributed by atoms with Crippen LogP contribution in [0.15, 0.2) is 71.7 Å². The number of aryl methyl sites for hydroxylation is 1. The van der Waals surface area contributed by atoms with Crippen molar-refractivity contribution in [3.05, 3.63) is 83.4 Å². The van der Waals surface area contributed by atoms with Crippen LogP contribution < -0.4 is 0 Å². The van der Waals surface area contributed by atoms with E-state index in [2.05, 4.69) is 0 Å². The van der Waals surface area contributed by atoms with Gasteiger partial charge in [-0.15, -0.1) is 0 Å². The van der Waals surface area contributed by atoms with E-state index in [0.29, 0.717) is 5.56 Å². The van der Waals surface area contributed by atoms with Crippen LogP contribution in [0.5, 0.6) is 0 Å². The van der Waals surface area contributed by atoms with Crippen molar-refractivity contribution >= 4 is 16.2 Å². The molecule has 1 fully saturated rings. The first-order valence-electron chi connectivity index (χ1n) is 9.43. The predicted molar refractivity (Wildman–Crippen MR) is 108 cm³/mol. The van der Waals surface area contributed by atoms with Crippen LogP contribution in [0.4, 0.5) is 13.2 Å². The molecule has 0 N–H and O–H groups in total. The van der Waals surface area contributed by atoms with Crippen molar-refractivity contribution in [2.24, 2.45) is 0 Å². The molecule has 0 aliphatic carbocycles. The summed E-state index contributed by atoms with van der Waals surface area (Å²) in [6, 6.07) is 11.0. The molecule has 2 aromatic rings. The van der Waals surface area contributed by atoms with Gasteiger partial charge in [0.1, 0.15) is 0 Å². The second-order valence-corrected chi connectivity index (χ2v) is 8.39. The van der Waals surface area contributed by atoms with E-state index in [9.17, 15) is 21.6 Å². The Morgan fingerprint density at radius 2 is 1.71 bits per heavy atom. The number of rotatable bonds is 6. The first kappa shape index (κ1) is 23.2. The van der Waals surface area contributed by atoms with Gasteiger partial charge >= 0.3 is 6.18 Å². The first-order valence-corrected chi connectivity index (χ1v) is 10.8. The van der Waals surface area contributed by atoms with E-state index in [1.165, 1.54) is 24.3 Å². The topological polar surface area (TPSA) is 61.8 Å². The fourth-order valence-corrected chi connectivity index (χ4v) is 3.72. The lowest BCUT2D eigenvalue weighted by atomic mass is 10.1. The Morgan fingerprint density at radius 3 is 2.35 bits per heavy atom. The molecule has 1 saturated heterocycles. The minimum Gasteiger partial charge on any atom is -0.349 e. The molecule has 0 radical (unpaired) electrons. The summed E-state index contributed by atoms with van der Waals surface area (Å²) in [6.45, 7) is 2.09. The van der Waals surface area contributed by atoms with E-state index < -0.39 is 34.4 Å². The maximum Gasteiger partial charge on any atom is 0.416 e. The van der Waals surface area contributed by atoms with Crippen LogP contribution in [-0.2, 0) is 30.0 Å². The third-order valence-corrected chi connectivity index (χ3v) is 5.69. The van der Waals surface area contributed by atoms with Crippen molar-refractivity contribution in [1.29, 1.82) is 0 Å². The maximum absolute atomic E-state index is 12.6. The summed E-state index contributed by atoms with van der Waals surface area (Å²) in [5.41, 5.74) is 0.806. The van der Waals surface area contributed by atoms with Crippen molar-refractivity contribution < 1.29 is 35.2 Å². The SMILES string of the molecule is Cc1ccc(S(=O)(=O)O[C@H]2CCO[C@@H](/C=C/C=C/c3ccc(C(F)(F)F)cc3)O2)cc1. The van der Waals surface area contributed by atoms with Crippen molar-refractivity contribution in [3.63, 3.8) is 0 Å². The first-order chi connectivity index (χ1) is 14.6. The molecule has 2 aromatic carbocycles. The van der Waals surface area contributed by atoms with Crippen LogP contribution >= 0.6 is 0 Å². The van der Waals surface area contributed by atoms with E-state index in [1.807, 2.05) is 6.92 Å². The van der Waals surface area contributed by atoms with Crippen LogP contribution in [0, 0.1) is 6.92 Å². The fraction of sp³-hybridized carbons (Fsp3) is 0.273. The molecule has 0 saturated carbocycles. The number of hydrogen-bond acceptors (Lipinski definition) is 5. The quantitative estimate of drug-likeness (QED) is 0.450. The van der Waals surface area contributed by atoms with Crippen molar-refractivity contribution in [1.82, 2.24) is 0 Å². The standard InChI is InChI=1S/C22H21F3O5S/c1-16-6-12-19(13-7-16)31(26,27)30-21-14-15-28-20(29-21)5-3-2-4-17-8-10-18(11-9-17)22(23,24)25/h2-13,20-21H,14-15H2,1H3/b4-2+,5-3+/t20-,21+/m1/s1. The van der Waals surface area contributed by atoms with Crippen LogP contribution in [0.3, 0.4) is 0 Å². The van der Waals surface area contributed by atoms with Gasteiger partial charge in [-0.05, 0) is 42.8 Å². The molecule has 2 atom stereocenters. The third kappa shape index (κ3) is 6.76. The number of benzene rings is 2. The molecular weight excluding hydrogens is 433 g/mol. The molecule has 0 aromatic heterocycles. The van der Waals surface area contributed by atoms with Crippen molar-refractivity contribution in [3.8, 4) is 0 Å². The second kappa shape index (κ2) is 9.78. The summed E-state index contributed by atoms with van der Waals surface area (Å²) in [5.74, 6) is 0. The van der Waals surface area contributed by atoms with Gasteiger partial charge in [0.05, 0.1) is 17.1 Å². The lowest BCUT2D eigenvalue weighted by Gasteiger charge is -2.27. The van der Waals surface area contributed by atoms with Crippen molar-refractivity contribution in [2.75, 3.05) is 6.61 Å². The normalized spacial score (nSPS) is 20.5. The van der Waals surface area contributed by atoms with Crippen molar-refractivity contribution in [2.45, 2.75) is 37.0 Å². The van der Waals surface area contributed by atoms with E-state index in [-0.39, 0.29) is 17.9 Å². The average molecular weight is 454 g/mol. The van der Waals surface area contributed by atoms with E-state index in [4.69, 9.17) is 13.7 Å². The molecule has 31 heavy (non-hydrogen) atoms. The number of ether oxygens (including phenoxy) is 2.